The SMILES string of the molecule is CCC1CCC(NC(=O)NCCOC(C)C)(C(=O)O)CC1. The van der Waals surface area contributed by atoms with Gasteiger partial charge in [0, 0.05) is 6.54 Å². The van der Waals surface area contributed by atoms with Gasteiger partial charge in [0.25, 0.3) is 0 Å². The molecule has 122 valence electrons. The minimum atomic E-state index is -1.12. The lowest BCUT2D eigenvalue weighted by molar-refractivity contribution is -0.146. The highest BCUT2D eigenvalue weighted by atomic mass is 16.5. The minimum absolute atomic E-state index is 0.115. The fraction of sp³-hybridized carbons (Fsp3) is 0.867. The van der Waals surface area contributed by atoms with Gasteiger partial charge < -0.3 is 20.5 Å². The predicted octanol–water partition coefficient (Wildman–Crippen LogP) is 2.13. The van der Waals surface area contributed by atoms with E-state index in [1.165, 1.54) is 0 Å². The van der Waals surface area contributed by atoms with E-state index in [9.17, 15) is 14.7 Å². The second kappa shape index (κ2) is 8.22. The Kier molecular flexibility index (Phi) is 6.95. The first kappa shape index (κ1) is 17.8. The molecule has 0 unspecified atom stereocenters. The summed E-state index contributed by atoms with van der Waals surface area (Å²) in [5.74, 6) is -0.368. The monoisotopic (exact) mass is 300 g/mol. The van der Waals surface area contributed by atoms with E-state index < -0.39 is 17.5 Å². The molecule has 0 aliphatic heterocycles. The van der Waals surface area contributed by atoms with Crippen LogP contribution < -0.4 is 10.6 Å². The molecule has 0 aromatic heterocycles. The standard InChI is InChI=1S/C15H28N2O4/c1-4-12-5-7-15(8-6-12,13(18)19)17-14(20)16-9-10-21-11(2)3/h11-12H,4-10H2,1-3H3,(H,18,19)(H2,16,17,20). The number of hydrogen-bond donors (Lipinski definition) is 3. The van der Waals surface area contributed by atoms with Crippen LogP contribution in [0.4, 0.5) is 4.79 Å². The molecule has 0 aromatic carbocycles. The molecule has 6 nitrogen and oxygen atoms in total. The summed E-state index contributed by atoms with van der Waals surface area (Å²) in [6.07, 6.45) is 3.87. The van der Waals surface area contributed by atoms with Gasteiger partial charge in [0.2, 0.25) is 0 Å². The largest absolute Gasteiger partial charge is 0.480 e. The van der Waals surface area contributed by atoms with Gasteiger partial charge >= 0.3 is 12.0 Å². The van der Waals surface area contributed by atoms with E-state index in [1.807, 2.05) is 13.8 Å². The molecule has 1 aliphatic rings. The van der Waals surface area contributed by atoms with Crippen molar-refractivity contribution in [1.82, 2.24) is 10.6 Å². The second-order valence-corrected chi connectivity index (χ2v) is 6.04. The normalized spacial score (nSPS) is 25.6. The molecule has 0 atom stereocenters. The number of aliphatic carboxylic acids is 1. The molecule has 0 radical (unpaired) electrons. The first-order valence-corrected chi connectivity index (χ1v) is 7.80. The van der Waals surface area contributed by atoms with Crippen molar-refractivity contribution >= 4 is 12.0 Å². The van der Waals surface area contributed by atoms with Gasteiger partial charge in [-0.2, -0.15) is 0 Å². The van der Waals surface area contributed by atoms with Crippen molar-refractivity contribution in [2.45, 2.75) is 64.5 Å². The number of urea groups is 1. The summed E-state index contributed by atoms with van der Waals surface area (Å²) in [6.45, 7) is 6.75. The van der Waals surface area contributed by atoms with Gasteiger partial charge in [0.1, 0.15) is 5.54 Å². The molecule has 2 amide bonds. The number of amides is 2. The Balaban J connectivity index is 2.44. The highest BCUT2D eigenvalue weighted by molar-refractivity contribution is 5.86. The van der Waals surface area contributed by atoms with Crippen molar-refractivity contribution in [3.63, 3.8) is 0 Å². The van der Waals surface area contributed by atoms with E-state index in [1.54, 1.807) is 0 Å². The van der Waals surface area contributed by atoms with Crippen LogP contribution in [0.15, 0.2) is 0 Å². The van der Waals surface area contributed by atoms with E-state index >= 15 is 0 Å². The van der Waals surface area contributed by atoms with E-state index in [2.05, 4.69) is 17.6 Å². The molecule has 1 fully saturated rings. The molecule has 21 heavy (non-hydrogen) atoms. The number of hydrogen-bond acceptors (Lipinski definition) is 3. The summed E-state index contributed by atoms with van der Waals surface area (Å²) in [6, 6.07) is -0.431. The summed E-state index contributed by atoms with van der Waals surface area (Å²) >= 11 is 0. The fourth-order valence-corrected chi connectivity index (χ4v) is 2.69. The quantitative estimate of drug-likeness (QED) is 0.629. The molecule has 0 spiro atoms. The van der Waals surface area contributed by atoms with Crippen LogP contribution >= 0.6 is 0 Å². The lowest BCUT2D eigenvalue weighted by Gasteiger charge is -2.37. The lowest BCUT2D eigenvalue weighted by Crippen LogP contribution is -2.58. The van der Waals surface area contributed by atoms with Crippen molar-refractivity contribution in [2.24, 2.45) is 5.92 Å². The van der Waals surface area contributed by atoms with Crippen LogP contribution in [0.25, 0.3) is 0 Å². The number of carbonyl (C=O) groups is 2. The van der Waals surface area contributed by atoms with Gasteiger partial charge in [-0.1, -0.05) is 13.3 Å². The molecule has 1 aliphatic carbocycles. The number of carbonyl (C=O) groups excluding carboxylic acids is 1. The van der Waals surface area contributed by atoms with Gasteiger partial charge in [0.05, 0.1) is 12.7 Å². The first-order valence-electron chi connectivity index (χ1n) is 7.80. The van der Waals surface area contributed by atoms with E-state index in [4.69, 9.17) is 4.74 Å². The summed E-state index contributed by atoms with van der Waals surface area (Å²) in [7, 11) is 0. The highest BCUT2D eigenvalue weighted by Gasteiger charge is 2.42. The predicted molar refractivity (Wildman–Crippen MR) is 80.2 cm³/mol. The van der Waals surface area contributed by atoms with Crippen LogP contribution in [-0.2, 0) is 9.53 Å². The van der Waals surface area contributed by atoms with E-state index in [0.29, 0.717) is 31.9 Å². The number of ether oxygens (including phenoxy) is 1. The number of carboxylic acids is 1. The maximum atomic E-state index is 11.9. The van der Waals surface area contributed by atoms with Crippen molar-refractivity contribution in [2.75, 3.05) is 13.2 Å². The van der Waals surface area contributed by atoms with Crippen molar-refractivity contribution in [3.8, 4) is 0 Å². The first-order chi connectivity index (χ1) is 9.89. The van der Waals surface area contributed by atoms with Crippen molar-refractivity contribution in [3.05, 3.63) is 0 Å². The molecular weight excluding hydrogens is 272 g/mol. The molecule has 0 saturated heterocycles. The summed E-state index contributed by atoms with van der Waals surface area (Å²) in [4.78, 5) is 23.4. The Morgan fingerprint density at radius 3 is 2.43 bits per heavy atom. The second-order valence-electron chi connectivity index (χ2n) is 6.04. The smallest absolute Gasteiger partial charge is 0.329 e. The van der Waals surface area contributed by atoms with Crippen LogP contribution in [0, 0.1) is 5.92 Å². The van der Waals surface area contributed by atoms with Gasteiger partial charge in [-0.25, -0.2) is 9.59 Å². The average Bonchev–Trinajstić information content (AvgIpc) is 2.44. The molecular formula is C15H28N2O4. The van der Waals surface area contributed by atoms with Gasteiger partial charge in [-0.3, -0.25) is 0 Å². The Labute approximate surface area is 126 Å². The van der Waals surface area contributed by atoms with Gasteiger partial charge in [0.15, 0.2) is 0 Å². The third kappa shape index (κ3) is 5.53. The average molecular weight is 300 g/mol. The highest BCUT2D eigenvalue weighted by Crippen LogP contribution is 2.33. The maximum absolute atomic E-state index is 11.9. The van der Waals surface area contributed by atoms with Crippen LogP contribution in [-0.4, -0.2) is 41.9 Å². The van der Waals surface area contributed by atoms with E-state index in [-0.39, 0.29) is 6.10 Å². The zero-order valence-corrected chi connectivity index (χ0v) is 13.3. The molecule has 0 heterocycles. The van der Waals surface area contributed by atoms with E-state index in [0.717, 1.165) is 19.3 Å². The third-order valence-electron chi connectivity index (χ3n) is 4.14. The van der Waals surface area contributed by atoms with Gasteiger partial charge in [-0.05, 0) is 45.4 Å². The fourth-order valence-electron chi connectivity index (χ4n) is 2.69. The van der Waals surface area contributed by atoms with Crippen molar-refractivity contribution < 1.29 is 19.4 Å². The van der Waals surface area contributed by atoms with Crippen LogP contribution in [0.2, 0.25) is 0 Å². The molecule has 1 saturated carbocycles. The Morgan fingerprint density at radius 2 is 1.95 bits per heavy atom. The zero-order chi connectivity index (χ0) is 15.9. The number of nitrogens with one attached hydrogen (secondary N) is 2. The minimum Gasteiger partial charge on any atom is -0.480 e. The Bertz CT molecular complexity index is 350. The van der Waals surface area contributed by atoms with Crippen LogP contribution in [0.5, 0.6) is 0 Å². The van der Waals surface area contributed by atoms with Crippen LogP contribution in [0.3, 0.4) is 0 Å². The molecule has 3 N–H and O–H groups in total. The zero-order valence-electron chi connectivity index (χ0n) is 13.3. The maximum Gasteiger partial charge on any atom is 0.329 e. The molecule has 0 bridgehead atoms. The van der Waals surface area contributed by atoms with Crippen molar-refractivity contribution in [1.29, 1.82) is 0 Å². The molecule has 1 rings (SSSR count). The molecule has 0 aromatic rings. The number of carboxylic acid groups (broad SMARTS) is 1. The summed E-state index contributed by atoms with van der Waals surface area (Å²) < 4.78 is 5.32. The Hall–Kier alpha value is -1.30. The lowest BCUT2D eigenvalue weighted by atomic mass is 9.75. The molecule has 6 heteroatoms. The topological polar surface area (TPSA) is 87.7 Å². The van der Waals surface area contributed by atoms with Crippen LogP contribution in [0.1, 0.15) is 52.9 Å². The number of rotatable bonds is 7. The summed E-state index contributed by atoms with van der Waals surface area (Å²) in [5, 5.41) is 14.8. The third-order valence-corrected chi connectivity index (χ3v) is 4.14. The summed E-state index contributed by atoms with van der Waals surface area (Å²) in [5.41, 5.74) is -1.12. The van der Waals surface area contributed by atoms with Gasteiger partial charge in [-0.15, -0.1) is 0 Å². The Morgan fingerprint density at radius 1 is 1.33 bits per heavy atom.